The molecule has 0 saturated carbocycles. The lowest BCUT2D eigenvalue weighted by atomic mass is 10.4. The summed E-state index contributed by atoms with van der Waals surface area (Å²) in [6.45, 7) is 0. The Kier molecular flexibility index (Phi) is 3.71. The lowest BCUT2D eigenvalue weighted by Crippen LogP contribution is -2.04. The van der Waals surface area contributed by atoms with Crippen LogP contribution in [0, 0.1) is 0 Å². The summed E-state index contributed by atoms with van der Waals surface area (Å²) in [4.78, 5) is 0.334. The van der Waals surface area contributed by atoms with Crippen molar-refractivity contribution in [1.82, 2.24) is 0 Å². The van der Waals surface area contributed by atoms with Gasteiger partial charge in [0, 0.05) is 0 Å². The second kappa shape index (κ2) is 4.81. The standard InChI is InChI=1S/C10H12O3S/c1-13-8-5-9-14(11,12)10-6-3-2-4-7-10/h2-8H,9H2,1H3/b8-5-. The van der Waals surface area contributed by atoms with Gasteiger partial charge in [-0.3, -0.25) is 0 Å². The van der Waals surface area contributed by atoms with Crippen LogP contribution in [-0.4, -0.2) is 21.3 Å². The van der Waals surface area contributed by atoms with Crippen molar-refractivity contribution in [3.8, 4) is 0 Å². The van der Waals surface area contributed by atoms with E-state index in [0.29, 0.717) is 4.90 Å². The third-order valence-electron chi connectivity index (χ3n) is 1.65. The van der Waals surface area contributed by atoms with Crippen molar-refractivity contribution in [2.75, 3.05) is 12.9 Å². The summed E-state index contributed by atoms with van der Waals surface area (Å²) in [5.41, 5.74) is 0. The normalized spacial score (nSPS) is 11.8. The van der Waals surface area contributed by atoms with E-state index in [9.17, 15) is 8.42 Å². The molecule has 0 aliphatic carbocycles. The van der Waals surface area contributed by atoms with Crippen LogP contribution in [0.3, 0.4) is 0 Å². The maximum absolute atomic E-state index is 11.6. The van der Waals surface area contributed by atoms with E-state index < -0.39 is 9.84 Å². The van der Waals surface area contributed by atoms with E-state index >= 15 is 0 Å². The zero-order valence-electron chi connectivity index (χ0n) is 7.88. The Balaban J connectivity index is 2.82. The Hall–Kier alpha value is -1.29. The fourth-order valence-electron chi connectivity index (χ4n) is 0.986. The van der Waals surface area contributed by atoms with Crippen LogP contribution in [0.4, 0.5) is 0 Å². The molecule has 0 aromatic heterocycles. The number of sulfone groups is 1. The van der Waals surface area contributed by atoms with Crippen LogP contribution in [-0.2, 0) is 14.6 Å². The predicted molar refractivity (Wildman–Crippen MR) is 54.6 cm³/mol. The van der Waals surface area contributed by atoms with Gasteiger partial charge in [-0.25, -0.2) is 8.42 Å². The molecule has 0 spiro atoms. The Labute approximate surface area is 83.9 Å². The summed E-state index contributed by atoms with van der Waals surface area (Å²) in [6.07, 6.45) is 2.84. The van der Waals surface area contributed by atoms with Gasteiger partial charge in [-0.2, -0.15) is 0 Å². The zero-order valence-corrected chi connectivity index (χ0v) is 8.70. The van der Waals surface area contributed by atoms with E-state index in [1.807, 2.05) is 0 Å². The number of hydrogen-bond donors (Lipinski definition) is 0. The molecular weight excluding hydrogens is 200 g/mol. The monoisotopic (exact) mass is 212 g/mol. The highest BCUT2D eigenvalue weighted by Gasteiger charge is 2.10. The number of methoxy groups -OCH3 is 1. The predicted octanol–water partition coefficient (Wildman–Crippen LogP) is 1.62. The van der Waals surface area contributed by atoms with Gasteiger partial charge in [0.1, 0.15) is 0 Å². The van der Waals surface area contributed by atoms with E-state index in [4.69, 9.17) is 0 Å². The molecule has 0 heterocycles. The molecule has 0 saturated heterocycles. The van der Waals surface area contributed by atoms with Gasteiger partial charge in [-0.1, -0.05) is 18.2 Å². The first-order valence-corrected chi connectivity index (χ1v) is 5.77. The largest absolute Gasteiger partial charge is 0.505 e. The van der Waals surface area contributed by atoms with Gasteiger partial charge in [0.15, 0.2) is 9.84 Å². The molecule has 0 unspecified atom stereocenters. The minimum Gasteiger partial charge on any atom is -0.505 e. The van der Waals surface area contributed by atoms with E-state index in [1.165, 1.54) is 19.4 Å². The van der Waals surface area contributed by atoms with Crippen LogP contribution in [0.25, 0.3) is 0 Å². The Morgan fingerprint density at radius 2 is 1.93 bits per heavy atom. The second-order valence-corrected chi connectivity index (χ2v) is 4.74. The zero-order chi connectivity index (χ0) is 10.4. The van der Waals surface area contributed by atoms with Crippen LogP contribution in [0.1, 0.15) is 0 Å². The second-order valence-electron chi connectivity index (χ2n) is 2.70. The van der Waals surface area contributed by atoms with Crippen LogP contribution in [0.2, 0.25) is 0 Å². The fourth-order valence-corrected chi connectivity index (χ4v) is 2.08. The SMILES string of the molecule is CO/C=C\CS(=O)(=O)c1ccccc1. The minimum atomic E-state index is -3.20. The van der Waals surface area contributed by atoms with E-state index in [2.05, 4.69) is 4.74 Å². The number of rotatable bonds is 4. The average Bonchev–Trinajstić information content (AvgIpc) is 2.19. The summed E-state index contributed by atoms with van der Waals surface area (Å²) in [5, 5.41) is 0. The smallest absolute Gasteiger partial charge is 0.182 e. The highest BCUT2D eigenvalue weighted by molar-refractivity contribution is 7.91. The third-order valence-corrected chi connectivity index (χ3v) is 3.27. The summed E-state index contributed by atoms with van der Waals surface area (Å²) >= 11 is 0. The maximum atomic E-state index is 11.6. The van der Waals surface area contributed by atoms with Gasteiger partial charge < -0.3 is 4.74 Å². The molecule has 4 heteroatoms. The number of ether oxygens (including phenoxy) is 1. The molecule has 0 fully saturated rings. The third kappa shape index (κ3) is 2.88. The van der Waals surface area contributed by atoms with Gasteiger partial charge in [-0.15, -0.1) is 0 Å². The molecule has 0 amide bonds. The molecule has 0 atom stereocenters. The summed E-state index contributed by atoms with van der Waals surface area (Å²) in [7, 11) is -1.72. The lowest BCUT2D eigenvalue weighted by molar-refractivity contribution is 0.337. The van der Waals surface area contributed by atoms with Gasteiger partial charge >= 0.3 is 0 Å². The van der Waals surface area contributed by atoms with Crippen molar-refractivity contribution >= 4 is 9.84 Å². The molecule has 3 nitrogen and oxygen atoms in total. The first-order chi connectivity index (χ1) is 6.67. The highest BCUT2D eigenvalue weighted by Crippen LogP contribution is 2.09. The molecule has 1 rings (SSSR count). The topological polar surface area (TPSA) is 43.4 Å². The van der Waals surface area contributed by atoms with Crippen molar-refractivity contribution in [1.29, 1.82) is 0 Å². The Bertz CT molecular complexity index is 393. The van der Waals surface area contributed by atoms with Gasteiger partial charge in [0.25, 0.3) is 0 Å². The molecular formula is C10H12O3S. The van der Waals surface area contributed by atoms with Gasteiger partial charge in [0.2, 0.25) is 0 Å². The minimum absolute atomic E-state index is 0.0369. The van der Waals surface area contributed by atoms with E-state index in [1.54, 1.807) is 30.3 Å². The van der Waals surface area contributed by atoms with Gasteiger partial charge in [-0.05, 0) is 18.2 Å². The Morgan fingerprint density at radius 1 is 1.29 bits per heavy atom. The number of hydrogen-bond acceptors (Lipinski definition) is 3. The molecule has 0 radical (unpaired) electrons. The molecule has 0 N–H and O–H groups in total. The summed E-state index contributed by atoms with van der Waals surface area (Å²) in [6, 6.07) is 8.34. The van der Waals surface area contributed by atoms with Crippen molar-refractivity contribution < 1.29 is 13.2 Å². The van der Waals surface area contributed by atoms with Crippen molar-refractivity contribution in [3.63, 3.8) is 0 Å². The molecule has 14 heavy (non-hydrogen) atoms. The molecule has 0 aliphatic rings. The van der Waals surface area contributed by atoms with Crippen molar-refractivity contribution in [2.24, 2.45) is 0 Å². The molecule has 0 aliphatic heterocycles. The molecule has 1 aromatic carbocycles. The Morgan fingerprint density at radius 3 is 2.50 bits per heavy atom. The highest BCUT2D eigenvalue weighted by atomic mass is 32.2. The van der Waals surface area contributed by atoms with Crippen LogP contribution in [0.5, 0.6) is 0 Å². The van der Waals surface area contributed by atoms with Crippen LogP contribution >= 0.6 is 0 Å². The summed E-state index contributed by atoms with van der Waals surface area (Å²) in [5.74, 6) is -0.0369. The average molecular weight is 212 g/mol. The molecule has 0 bridgehead atoms. The van der Waals surface area contributed by atoms with E-state index in [0.717, 1.165) is 0 Å². The first kappa shape index (κ1) is 10.8. The van der Waals surface area contributed by atoms with Crippen LogP contribution in [0.15, 0.2) is 47.6 Å². The number of benzene rings is 1. The fraction of sp³-hybridized carbons (Fsp3) is 0.200. The van der Waals surface area contributed by atoms with Crippen molar-refractivity contribution in [3.05, 3.63) is 42.7 Å². The van der Waals surface area contributed by atoms with Gasteiger partial charge in [0.05, 0.1) is 24.0 Å². The molecule has 1 aromatic rings. The quantitative estimate of drug-likeness (QED) is 0.712. The first-order valence-electron chi connectivity index (χ1n) is 4.12. The maximum Gasteiger partial charge on any atom is 0.182 e. The van der Waals surface area contributed by atoms with Crippen LogP contribution < -0.4 is 0 Å². The lowest BCUT2D eigenvalue weighted by Gasteiger charge is -1.99. The summed E-state index contributed by atoms with van der Waals surface area (Å²) < 4.78 is 27.8. The van der Waals surface area contributed by atoms with E-state index in [-0.39, 0.29) is 5.75 Å². The molecule has 76 valence electrons. The van der Waals surface area contributed by atoms with Crippen molar-refractivity contribution in [2.45, 2.75) is 4.90 Å².